The SMILES string of the molecule is Clc1cc[c]([SnH])cc1. The Bertz CT molecular complexity index is 147. The average Bonchev–Trinajstić information content (AvgIpc) is 1.77. The topological polar surface area (TPSA) is 0 Å². The van der Waals surface area contributed by atoms with Gasteiger partial charge in [0.05, 0.1) is 0 Å². The third-order valence-electron chi connectivity index (χ3n) is 0.870. The summed E-state index contributed by atoms with van der Waals surface area (Å²) in [5, 5.41) is 0.822. The van der Waals surface area contributed by atoms with Crippen molar-refractivity contribution in [3.8, 4) is 0 Å². The van der Waals surface area contributed by atoms with Gasteiger partial charge in [-0.05, 0) is 0 Å². The Kier molecular flexibility index (Phi) is 2.20. The zero-order valence-corrected chi connectivity index (χ0v) is 8.32. The van der Waals surface area contributed by atoms with E-state index >= 15 is 0 Å². The molecular weight excluding hydrogens is 226 g/mol. The monoisotopic (exact) mass is 232 g/mol. The molecule has 0 atom stereocenters. The van der Waals surface area contributed by atoms with Gasteiger partial charge in [0.25, 0.3) is 0 Å². The van der Waals surface area contributed by atoms with Gasteiger partial charge >= 0.3 is 67.0 Å². The van der Waals surface area contributed by atoms with E-state index in [4.69, 9.17) is 11.6 Å². The van der Waals surface area contributed by atoms with Gasteiger partial charge in [0.15, 0.2) is 0 Å². The van der Waals surface area contributed by atoms with Crippen molar-refractivity contribution >= 4 is 37.7 Å². The fourth-order valence-corrected chi connectivity index (χ4v) is 1.14. The molecule has 0 saturated carbocycles. The van der Waals surface area contributed by atoms with Crippen LogP contribution in [0.2, 0.25) is 5.02 Å². The van der Waals surface area contributed by atoms with Crippen molar-refractivity contribution in [3.05, 3.63) is 29.3 Å². The van der Waals surface area contributed by atoms with Crippen molar-refractivity contribution in [3.63, 3.8) is 0 Å². The summed E-state index contributed by atoms with van der Waals surface area (Å²) in [4.78, 5) is 0. The zero-order valence-electron chi connectivity index (χ0n) is 4.26. The summed E-state index contributed by atoms with van der Waals surface area (Å²) in [6.07, 6.45) is 0. The van der Waals surface area contributed by atoms with Crippen LogP contribution in [-0.4, -0.2) is 22.5 Å². The Balaban J connectivity index is 3.03. The second-order valence-corrected chi connectivity index (χ2v) is 3.89. The molecular formula is C6H5ClSn. The molecule has 1 aromatic carbocycles. The number of benzene rings is 1. The summed E-state index contributed by atoms with van der Waals surface area (Å²) in [7, 11) is 0. The van der Waals surface area contributed by atoms with E-state index in [2.05, 4.69) is 0 Å². The second kappa shape index (κ2) is 2.74. The van der Waals surface area contributed by atoms with Crippen molar-refractivity contribution in [2.24, 2.45) is 0 Å². The molecule has 0 saturated heterocycles. The first-order valence-electron chi connectivity index (χ1n) is 2.30. The Labute approximate surface area is 66.9 Å². The molecule has 8 heavy (non-hydrogen) atoms. The van der Waals surface area contributed by atoms with Crippen LogP contribution in [-0.2, 0) is 0 Å². The minimum atomic E-state index is 0.822. The Morgan fingerprint density at radius 1 is 1.12 bits per heavy atom. The van der Waals surface area contributed by atoms with E-state index in [0.717, 1.165) is 5.02 Å². The molecule has 0 fully saturated rings. The van der Waals surface area contributed by atoms with E-state index in [1.807, 2.05) is 24.3 Å². The minimum absolute atomic E-state index is 0.822. The molecule has 2 radical (unpaired) electrons. The van der Waals surface area contributed by atoms with Crippen molar-refractivity contribution in [1.82, 2.24) is 0 Å². The van der Waals surface area contributed by atoms with Crippen molar-refractivity contribution in [1.29, 1.82) is 0 Å². The molecule has 0 aliphatic carbocycles. The molecule has 40 valence electrons. The molecule has 0 bridgehead atoms. The summed E-state index contributed by atoms with van der Waals surface area (Å²) in [6, 6.07) is 7.93. The van der Waals surface area contributed by atoms with Crippen LogP contribution in [0.3, 0.4) is 0 Å². The summed E-state index contributed by atoms with van der Waals surface area (Å²) in [5.41, 5.74) is 0. The molecule has 1 rings (SSSR count). The summed E-state index contributed by atoms with van der Waals surface area (Å²) in [5.74, 6) is 0. The van der Waals surface area contributed by atoms with Gasteiger partial charge in [-0.3, -0.25) is 0 Å². The van der Waals surface area contributed by atoms with Crippen molar-refractivity contribution < 1.29 is 0 Å². The van der Waals surface area contributed by atoms with Gasteiger partial charge in [0, 0.05) is 0 Å². The molecule has 2 heteroatoms. The van der Waals surface area contributed by atoms with Crippen LogP contribution in [0, 0.1) is 0 Å². The third-order valence-corrected chi connectivity index (χ3v) is 2.22. The number of hydrogen-bond acceptors (Lipinski definition) is 0. The van der Waals surface area contributed by atoms with E-state index in [-0.39, 0.29) is 0 Å². The predicted octanol–water partition coefficient (Wildman–Crippen LogP) is 0.866. The standard InChI is InChI=1S/C6H4Cl.Sn.H/c7-6-4-2-1-3-5-6;;/h2-5H;;. The number of hydrogen-bond donors (Lipinski definition) is 0. The molecule has 0 nitrogen and oxygen atoms in total. The van der Waals surface area contributed by atoms with E-state index in [1.54, 1.807) is 0 Å². The molecule has 0 N–H and O–H groups in total. The van der Waals surface area contributed by atoms with Crippen LogP contribution < -0.4 is 3.58 Å². The molecule has 0 aliphatic rings. The van der Waals surface area contributed by atoms with Gasteiger partial charge in [-0.25, -0.2) is 0 Å². The van der Waals surface area contributed by atoms with Crippen molar-refractivity contribution in [2.45, 2.75) is 0 Å². The first-order valence-corrected chi connectivity index (χ1v) is 4.32. The normalized spacial score (nSPS) is 9.25. The number of rotatable bonds is 0. The van der Waals surface area contributed by atoms with Gasteiger partial charge in [0.2, 0.25) is 0 Å². The van der Waals surface area contributed by atoms with Crippen LogP contribution in [0.5, 0.6) is 0 Å². The van der Waals surface area contributed by atoms with E-state index in [9.17, 15) is 0 Å². The molecule has 0 heterocycles. The van der Waals surface area contributed by atoms with E-state index < -0.39 is 0 Å². The average molecular weight is 231 g/mol. The first kappa shape index (κ1) is 6.43. The first-order chi connectivity index (χ1) is 3.79. The van der Waals surface area contributed by atoms with Gasteiger partial charge in [-0.1, -0.05) is 0 Å². The second-order valence-electron chi connectivity index (χ2n) is 1.55. The molecule has 1 aromatic rings. The van der Waals surface area contributed by atoms with Gasteiger partial charge in [-0.2, -0.15) is 0 Å². The summed E-state index contributed by atoms with van der Waals surface area (Å²) < 4.78 is 1.37. The molecule has 0 aliphatic heterocycles. The fraction of sp³-hybridized carbons (Fsp3) is 0. The Hall–Kier alpha value is 0.309. The van der Waals surface area contributed by atoms with Gasteiger partial charge < -0.3 is 0 Å². The van der Waals surface area contributed by atoms with Crippen LogP contribution in [0.1, 0.15) is 0 Å². The quantitative estimate of drug-likeness (QED) is 0.581. The van der Waals surface area contributed by atoms with Gasteiger partial charge in [0.1, 0.15) is 0 Å². The van der Waals surface area contributed by atoms with Crippen LogP contribution in [0.4, 0.5) is 0 Å². The molecule has 0 unspecified atom stereocenters. The predicted molar refractivity (Wildman–Crippen MR) is 38.2 cm³/mol. The van der Waals surface area contributed by atoms with Crippen LogP contribution in [0.25, 0.3) is 0 Å². The Morgan fingerprint density at radius 2 is 1.62 bits per heavy atom. The van der Waals surface area contributed by atoms with Gasteiger partial charge in [-0.15, -0.1) is 0 Å². The summed E-state index contributed by atoms with van der Waals surface area (Å²) in [6.45, 7) is 0. The maximum atomic E-state index is 5.63. The van der Waals surface area contributed by atoms with Crippen LogP contribution in [0.15, 0.2) is 24.3 Å². The zero-order chi connectivity index (χ0) is 5.98. The maximum absolute atomic E-state index is 5.63. The molecule has 0 aromatic heterocycles. The van der Waals surface area contributed by atoms with E-state index in [1.165, 1.54) is 26.1 Å². The third kappa shape index (κ3) is 1.67. The number of halogens is 1. The summed E-state index contributed by atoms with van der Waals surface area (Å²) >= 11 is 6.80. The van der Waals surface area contributed by atoms with E-state index in [0.29, 0.717) is 0 Å². The molecule has 0 amide bonds. The fourth-order valence-electron chi connectivity index (χ4n) is 0.463. The Morgan fingerprint density at radius 3 is 2.00 bits per heavy atom. The van der Waals surface area contributed by atoms with Crippen molar-refractivity contribution in [2.75, 3.05) is 0 Å². The molecule has 0 spiro atoms. The van der Waals surface area contributed by atoms with Crippen LogP contribution >= 0.6 is 11.6 Å².